The fourth-order valence-electron chi connectivity index (χ4n) is 2.58. The van der Waals surface area contributed by atoms with Gasteiger partial charge in [0, 0.05) is 0 Å². The summed E-state index contributed by atoms with van der Waals surface area (Å²) in [6, 6.07) is 13.4. The van der Waals surface area contributed by atoms with Crippen LogP contribution in [0, 0.1) is 0 Å². The Bertz CT molecular complexity index is 819. The van der Waals surface area contributed by atoms with Crippen LogP contribution in [0.5, 0.6) is 11.5 Å². The summed E-state index contributed by atoms with van der Waals surface area (Å²) in [7, 11) is 1.57. The van der Waals surface area contributed by atoms with Gasteiger partial charge in [0.2, 0.25) is 5.91 Å². The first-order valence-electron chi connectivity index (χ1n) is 9.14. The molecule has 1 atom stereocenters. The van der Waals surface area contributed by atoms with Gasteiger partial charge in [0.25, 0.3) is 5.91 Å². The molecular formula is C21H25ClN2O4S. The van der Waals surface area contributed by atoms with Gasteiger partial charge >= 0.3 is 0 Å². The van der Waals surface area contributed by atoms with Gasteiger partial charge in [-0.15, -0.1) is 0 Å². The number of benzene rings is 2. The topological polar surface area (TPSA) is 76.7 Å². The number of rotatable bonds is 11. The van der Waals surface area contributed by atoms with Crippen molar-refractivity contribution in [3.8, 4) is 11.5 Å². The summed E-state index contributed by atoms with van der Waals surface area (Å²) in [5, 5.41) is 5.93. The molecule has 0 bridgehead atoms. The zero-order chi connectivity index (χ0) is 21.1. The Morgan fingerprint density at radius 2 is 1.79 bits per heavy atom. The largest absolute Gasteiger partial charge is 0.493 e. The van der Waals surface area contributed by atoms with Crippen molar-refractivity contribution in [1.29, 1.82) is 0 Å². The number of hydrogen-bond donors (Lipinski definition) is 2. The SMILES string of the molecule is COc1ccccc1OCCNC(=O)[C@H](CCSC)NC(=O)c1ccccc1Cl. The second-order valence-corrected chi connectivity index (χ2v) is 7.47. The quantitative estimate of drug-likeness (QED) is 0.528. The number of methoxy groups -OCH3 is 1. The number of carbonyl (C=O) groups is 2. The van der Waals surface area contributed by atoms with E-state index < -0.39 is 6.04 Å². The lowest BCUT2D eigenvalue weighted by Gasteiger charge is -2.19. The van der Waals surface area contributed by atoms with Crippen molar-refractivity contribution in [2.45, 2.75) is 12.5 Å². The van der Waals surface area contributed by atoms with Gasteiger partial charge in [-0.2, -0.15) is 11.8 Å². The van der Waals surface area contributed by atoms with E-state index in [1.54, 1.807) is 55.3 Å². The van der Waals surface area contributed by atoms with E-state index in [4.69, 9.17) is 21.1 Å². The van der Waals surface area contributed by atoms with Crippen molar-refractivity contribution in [3.63, 3.8) is 0 Å². The highest BCUT2D eigenvalue weighted by Gasteiger charge is 2.21. The molecule has 2 aromatic carbocycles. The molecule has 0 aliphatic rings. The molecule has 2 N–H and O–H groups in total. The van der Waals surface area contributed by atoms with Gasteiger partial charge in [-0.3, -0.25) is 9.59 Å². The van der Waals surface area contributed by atoms with Crippen LogP contribution in [0.25, 0.3) is 0 Å². The molecule has 0 heterocycles. The molecule has 29 heavy (non-hydrogen) atoms. The normalized spacial score (nSPS) is 11.4. The Hall–Kier alpha value is -2.38. The maximum absolute atomic E-state index is 12.6. The van der Waals surface area contributed by atoms with E-state index in [-0.39, 0.29) is 18.4 Å². The van der Waals surface area contributed by atoms with Crippen LogP contribution in [0.15, 0.2) is 48.5 Å². The van der Waals surface area contributed by atoms with Crippen molar-refractivity contribution >= 4 is 35.2 Å². The Labute approximate surface area is 180 Å². The first-order chi connectivity index (χ1) is 14.1. The summed E-state index contributed by atoms with van der Waals surface area (Å²) in [5.74, 6) is 1.34. The van der Waals surface area contributed by atoms with Gasteiger partial charge in [-0.25, -0.2) is 0 Å². The van der Waals surface area contributed by atoms with Gasteiger partial charge in [0.15, 0.2) is 11.5 Å². The molecule has 0 unspecified atom stereocenters. The lowest BCUT2D eigenvalue weighted by atomic mass is 10.1. The van der Waals surface area contributed by atoms with Crippen LogP contribution in [0.1, 0.15) is 16.8 Å². The van der Waals surface area contributed by atoms with Crippen molar-refractivity contribution in [3.05, 3.63) is 59.1 Å². The minimum Gasteiger partial charge on any atom is -0.493 e. The summed E-state index contributed by atoms with van der Waals surface area (Å²) in [6.07, 6.45) is 2.46. The minimum absolute atomic E-state index is 0.261. The first-order valence-corrected chi connectivity index (χ1v) is 10.9. The minimum atomic E-state index is -0.655. The summed E-state index contributed by atoms with van der Waals surface area (Å²) in [4.78, 5) is 25.1. The summed E-state index contributed by atoms with van der Waals surface area (Å²) < 4.78 is 10.9. The van der Waals surface area contributed by atoms with E-state index in [1.165, 1.54) is 0 Å². The van der Waals surface area contributed by atoms with Crippen LogP contribution in [0.3, 0.4) is 0 Å². The summed E-state index contributed by atoms with van der Waals surface area (Å²) in [5.41, 5.74) is 0.343. The van der Waals surface area contributed by atoms with E-state index in [0.29, 0.717) is 35.1 Å². The average Bonchev–Trinajstić information content (AvgIpc) is 2.74. The van der Waals surface area contributed by atoms with Gasteiger partial charge in [-0.1, -0.05) is 35.9 Å². The molecule has 0 spiro atoms. The number of hydrogen-bond acceptors (Lipinski definition) is 5. The fourth-order valence-corrected chi connectivity index (χ4v) is 3.28. The van der Waals surface area contributed by atoms with Crippen LogP contribution in [-0.2, 0) is 4.79 Å². The summed E-state index contributed by atoms with van der Waals surface area (Å²) in [6.45, 7) is 0.578. The number of thioether (sulfide) groups is 1. The molecule has 0 fully saturated rings. The molecule has 8 heteroatoms. The second-order valence-electron chi connectivity index (χ2n) is 6.08. The molecule has 156 valence electrons. The third-order valence-electron chi connectivity index (χ3n) is 4.08. The lowest BCUT2D eigenvalue weighted by Crippen LogP contribution is -2.48. The third kappa shape index (κ3) is 7.18. The van der Waals surface area contributed by atoms with Crippen molar-refractivity contribution in [1.82, 2.24) is 10.6 Å². The molecule has 0 radical (unpaired) electrons. The molecule has 0 aliphatic heterocycles. The average molecular weight is 437 g/mol. The molecule has 6 nitrogen and oxygen atoms in total. The highest BCUT2D eigenvalue weighted by atomic mass is 35.5. The van der Waals surface area contributed by atoms with E-state index in [0.717, 1.165) is 5.75 Å². The van der Waals surface area contributed by atoms with Crippen LogP contribution in [-0.4, -0.2) is 50.1 Å². The summed E-state index contributed by atoms with van der Waals surface area (Å²) >= 11 is 7.69. The monoisotopic (exact) mass is 436 g/mol. The molecule has 2 rings (SSSR count). The predicted molar refractivity (Wildman–Crippen MR) is 117 cm³/mol. The molecular weight excluding hydrogens is 412 g/mol. The van der Waals surface area contributed by atoms with Gasteiger partial charge in [-0.05, 0) is 42.7 Å². The number of nitrogens with one attached hydrogen (secondary N) is 2. The smallest absolute Gasteiger partial charge is 0.253 e. The van der Waals surface area contributed by atoms with Gasteiger partial charge in [0.05, 0.1) is 24.2 Å². The third-order valence-corrected chi connectivity index (χ3v) is 5.05. The van der Waals surface area contributed by atoms with Crippen LogP contribution >= 0.6 is 23.4 Å². The van der Waals surface area contributed by atoms with Crippen molar-refractivity contribution in [2.75, 3.05) is 32.3 Å². The zero-order valence-electron chi connectivity index (χ0n) is 16.4. The Balaban J connectivity index is 1.89. The standard InChI is InChI=1S/C21H25ClN2O4S/c1-27-18-9-5-6-10-19(18)28-13-12-23-21(26)17(11-14-29-2)24-20(25)15-7-3-4-8-16(15)22/h3-10,17H,11-14H2,1-2H3,(H,23,26)(H,24,25)/t17-/m0/s1. The van der Waals surface area contributed by atoms with Crippen LogP contribution in [0.4, 0.5) is 0 Å². The lowest BCUT2D eigenvalue weighted by molar-refractivity contribution is -0.123. The molecule has 0 saturated carbocycles. The second kappa shape index (κ2) is 12.2. The molecule has 2 aromatic rings. The highest BCUT2D eigenvalue weighted by molar-refractivity contribution is 7.98. The Morgan fingerprint density at radius 1 is 1.10 bits per heavy atom. The van der Waals surface area contributed by atoms with E-state index in [2.05, 4.69) is 10.6 Å². The van der Waals surface area contributed by atoms with Gasteiger partial charge < -0.3 is 20.1 Å². The first kappa shape index (κ1) is 22.9. The zero-order valence-corrected chi connectivity index (χ0v) is 18.0. The van der Waals surface area contributed by atoms with Crippen LogP contribution in [0.2, 0.25) is 5.02 Å². The number of halogens is 1. The number of ether oxygens (including phenoxy) is 2. The maximum atomic E-state index is 12.6. The van der Waals surface area contributed by atoms with Crippen molar-refractivity contribution < 1.29 is 19.1 Å². The van der Waals surface area contributed by atoms with E-state index in [1.807, 2.05) is 18.4 Å². The molecule has 0 saturated heterocycles. The Kier molecular flexibility index (Phi) is 9.67. The highest BCUT2D eigenvalue weighted by Crippen LogP contribution is 2.25. The maximum Gasteiger partial charge on any atom is 0.253 e. The van der Waals surface area contributed by atoms with Gasteiger partial charge in [0.1, 0.15) is 12.6 Å². The van der Waals surface area contributed by atoms with Crippen LogP contribution < -0.4 is 20.1 Å². The fraction of sp³-hybridized carbons (Fsp3) is 0.333. The number of carbonyl (C=O) groups excluding carboxylic acids is 2. The van der Waals surface area contributed by atoms with E-state index >= 15 is 0 Å². The Morgan fingerprint density at radius 3 is 2.48 bits per heavy atom. The molecule has 0 aliphatic carbocycles. The van der Waals surface area contributed by atoms with Crippen molar-refractivity contribution in [2.24, 2.45) is 0 Å². The van der Waals surface area contributed by atoms with E-state index in [9.17, 15) is 9.59 Å². The molecule has 0 aromatic heterocycles. The molecule has 2 amide bonds. The number of para-hydroxylation sites is 2. The predicted octanol–water partition coefficient (Wildman–Crippen LogP) is 3.40. The number of amides is 2.